The molecule has 1 fully saturated rings. The second-order valence-corrected chi connectivity index (χ2v) is 7.96. The molecule has 18 heavy (non-hydrogen) atoms. The summed E-state index contributed by atoms with van der Waals surface area (Å²) >= 11 is 0. The van der Waals surface area contributed by atoms with Gasteiger partial charge in [-0.1, -0.05) is 20.8 Å². The van der Waals surface area contributed by atoms with Gasteiger partial charge in [0.15, 0.2) is 0 Å². The minimum absolute atomic E-state index is 0.269. The van der Waals surface area contributed by atoms with Gasteiger partial charge in [0.2, 0.25) is 0 Å². The molecule has 0 aromatic carbocycles. The molecule has 1 N–H and O–H groups in total. The fraction of sp³-hybridized carbons (Fsp3) is 1.00. The highest BCUT2D eigenvalue weighted by molar-refractivity contribution is 7.91. The summed E-state index contributed by atoms with van der Waals surface area (Å²) in [5.74, 6) is 0.607. The van der Waals surface area contributed by atoms with Crippen LogP contribution < -0.4 is 5.32 Å². The van der Waals surface area contributed by atoms with Crippen molar-refractivity contribution in [3.8, 4) is 0 Å². The summed E-state index contributed by atoms with van der Waals surface area (Å²) in [6.07, 6.45) is 3.25. The minimum atomic E-state index is -2.80. The smallest absolute Gasteiger partial charge is 0.150 e. The summed E-state index contributed by atoms with van der Waals surface area (Å²) in [6.45, 7) is 9.11. The van der Waals surface area contributed by atoms with Gasteiger partial charge in [-0.3, -0.25) is 4.90 Å². The van der Waals surface area contributed by atoms with Crippen molar-refractivity contribution in [1.82, 2.24) is 10.2 Å². The summed E-state index contributed by atoms with van der Waals surface area (Å²) in [6, 6.07) is 1.12. The Labute approximate surface area is 112 Å². The molecule has 5 heteroatoms. The molecule has 0 aromatic rings. The van der Waals surface area contributed by atoms with Gasteiger partial charge in [0.1, 0.15) is 9.84 Å². The molecule has 1 heterocycles. The first-order chi connectivity index (χ1) is 8.44. The lowest BCUT2D eigenvalue weighted by molar-refractivity contribution is 0.245. The van der Waals surface area contributed by atoms with Crippen molar-refractivity contribution in [2.24, 2.45) is 0 Å². The third kappa shape index (κ3) is 5.67. The molecule has 108 valence electrons. The molecule has 1 atom stereocenters. The molecule has 0 radical (unpaired) electrons. The van der Waals surface area contributed by atoms with Crippen molar-refractivity contribution < 1.29 is 8.42 Å². The summed E-state index contributed by atoms with van der Waals surface area (Å²) in [4.78, 5) is 2.44. The van der Waals surface area contributed by atoms with Crippen molar-refractivity contribution in [3.05, 3.63) is 0 Å². The molecule has 1 rings (SSSR count). The lowest BCUT2D eigenvalue weighted by Crippen LogP contribution is -2.40. The number of nitrogens with one attached hydrogen (secondary N) is 1. The normalized spacial score (nSPS) is 21.9. The van der Waals surface area contributed by atoms with Gasteiger partial charge >= 0.3 is 0 Å². The Hall–Kier alpha value is -0.130. The van der Waals surface area contributed by atoms with Crippen LogP contribution in [0.2, 0.25) is 0 Å². The zero-order chi connectivity index (χ0) is 13.6. The van der Waals surface area contributed by atoms with E-state index in [1.54, 1.807) is 6.92 Å². The summed E-state index contributed by atoms with van der Waals surface area (Å²) in [5.41, 5.74) is 0. The van der Waals surface area contributed by atoms with E-state index < -0.39 is 9.84 Å². The molecule has 0 spiro atoms. The summed E-state index contributed by atoms with van der Waals surface area (Å²) < 4.78 is 22.9. The monoisotopic (exact) mass is 276 g/mol. The van der Waals surface area contributed by atoms with Gasteiger partial charge in [-0.15, -0.1) is 0 Å². The van der Waals surface area contributed by atoms with E-state index in [0.717, 1.165) is 26.1 Å². The third-order valence-corrected chi connectivity index (χ3v) is 5.39. The first-order valence-electron chi connectivity index (χ1n) is 7.12. The van der Waals surface area contributed by atoms with Crippen LogP contribution in [0, 0.1) is 0 Å². The molecule has 4 nitrogen and oxygen atoms in total. The first kappa shape index (κ1) is 15.9. The zero-order valence-electron chi connectivity index (χ0n) is 12.0. The van der Waals surface area contributed by atoms with E-state index in [1.165, 1.54) is 12.8 Å². The molecule has 1 unspecified atom stereocenters. The first-order valence-corrected chi connectivity index (χ1v) is 8.94. The predicted molar refractivity (Wildman–Crippen MR) is 76.7 cm³/mol. The Balaban J connectivity index is 2.28. The lowest BCUT2D eigenvalue weighted by Gasteiger charge is -2.25. The molecule has 0 amide bonds. The van der Waals surface area contributed by atoms with Gasteiger partial charge in [-0.05, 0) is 32.4 Å². The summed E-state index contributed by atoms with van der Waals surface area (Å²) in [5, 5.41) is 3.48. The van der Waals surface area contributed by atoms with Gasteiger partial charge < -0.3 is 5.32 Å². The van der Waals surface area contributed by atoms with Crippen LogP contribution >= 0.6 is 0 Å². The van der Waals surface area contributed by atoms with Crippen LogP contribution in [0.3, 0.4) is 0 Å². The lowest BCUT2D eigenvalue weighted by atomic mass is 10.2. The number of nitrogens with zero attached hydrogens (tertiary/aromatic N) is 1. The van der Waals surface area contributed by atoms with E-state index in [9.17, 15) is 8.42 Å². The Kier molecular flexibility index (Phi) is 6.60. The molecular weight excluding hydrogens is 248 g/mol. The highest BCUT2D eigenvalue weighted by Crippen LogP contribution is 2.17. The fourth-order valence-corrected chi connectivity index (χ4v) is 3.28. The molecular formula is C13H28N2O2S. The number of likely N-dealkylation sites (tertiary alicyclic amines) is 1. The van der Waals surface area contributed by atoms with E-state index in [0.29, 0.717) is 17.8 Å². The quantitative estimate of drug-likeness (QED) is 0.725. The fourth-order valence-electron chi connectivity index (χ4n) is 2.42. The number of sulfone groups is 1. The maximum Gasteiger partial charge on any atom is 0.150 e. The maximum atomic E-state index is 11.4. The van der Waals surface area contributed by atoms with Gasteiger partial charge in [0.25, 0.3) is 0 Å². The predicted octanol–water partition coefficient (Wildman–Crippen LogP) is 1.27. The second-order valence-electron chi connectivity index (χ2n) is 5.48. The van der Waals surface area contributed by atoms with E-state index in [1.807, 2.05) is 0 Å². The van der Waals surface area contributed by atoms with Crippen LogP contribution in [0.25, 0.3) is 0 Å². The van der Waals surface area contributed by atoms with Crippen LogP contribution in [-0.2, 0) is 9.84 Å². The van der Waals surface area contributed by atoms with Crippen molar-refractivity contribution in [1.29, 1.82) is 0 Å². The molecule has 1 saturated heterocycles. The van der Waals surface area contributed by atoms with Crippen LogP contribution in [0.4, 0.5) is 0 Å². The van der Waals surface area contributed by atoms with Gasteiger partial charge in [0, 0.05) is 24.4 Å². The number of hydrogen-bond donors (Lipinski definition) is 1. The SMILES string of the molecule is CCS(=O)(=O)CCCN1CCCC1CNC(C)C. The average molecular weight is 276 g/mol. The molecule has 0 aliphatic carbocycles. The molecule has 1 aliphatic rings. The van der Waals surface area contributed by atoms with Crippen LogP contribution in [0.1, 0.15) is 40.0 Å². The molecule has 0 saturated carbocycles. The highest BCUT2D eigenvalue weighted by atomic mass is 32.2. The van der Waals surface area contributed by atoms with Crippen LogP contribution in [-0.4, -0.2) is 56.5 Å². The Morgan fingerprint density at radius 3 is 2.72 bits per heavy atom. The Morgan fingerprint density at radius 2 is 2.11 bits per heavy atom. The molecule has 0 aromatic heterocycles. The van der Waals surface area contributed by atoms with E-state index in [4.69, 9.17) is 0 Å². The minimum Gasteiger partial charge on any atom is -0.313 e. The van der Waals surface area contributed by atoms with Crippen LogP contribution in [0.15, 0.2) is 0 Å². The second kappa shape index (κ2) is 7.46. The van der Waals surface area contributed by atoms with Crippen molar-refractivity contribution >= 4 is 9.84 Å². The molecule has 1 aliphatic heterocycles. The van der Waals surface area contributed by atoms with Crippen molar-refractivity contribution in [2.75, 3.05) is 31.1 Å². The van der Waals surface area contributed by atoms with Gasteiger partial charge in [-0.2, -0.15) is 0 Å². The average Bonchev–Trinajstić information content (AvgIpc) is 2.74. The summed E-state index contributed by atoms with van der Waals surface area (Å²) in [7, 11) is -2.80. The maximum absolute atomic E-state index is 11.4. The van der Waals surface area contributed by atoms with E-state index in [-0.39, 0.29) is 5.75 Å². The Bertz CT molecular complexity index is 328. The zero-order valence-corrected chi connectivity index (χ0v) is 12.8. The van der Waals surface area contributed by atoms with Crippen molar-refractivity contribution in [2.45, 2.75) is 52.1 Å². The largest absolute Gasteiger partial charge is 0.313 e. The van der Waals surface area contributed by atoms with Gasteiger partial charge in [0.05, 0.1) is 5.75 Å². The topological polar surface area (TPSA) is 49.4 Å². The standard InChI is InChI=1S/C13H28N2O2S/c1-4-18(16,17)10-6-9-15-8-5-7-13(15)11-14-12(2)3/h12-14H,4-11H2,1-3H3. The Morgan fingerprint density at radius 1 is 1.39 bits per heavy atom. The number of hydrogen-bond acceptors (Lipinski definition) is 4. The third-order valence-electron chi connectivity index (χ3n) is 3.60. The van der Waals surface area contributed by atoms with E-state index >= 15 is 0 Å². The number of rotatable bonds is 8. The van der Waals surface area contributed by atoms with E-state index in [2.05, 4.69) is 24.1 Å². The highest BCUT2D eigenvalue weighted by Gasteiger charge is 2.24. The van der Waals surface area contributed by atoms with Crippen molar-refractivity contribution in [3.63, 3.8) is 0 Å². The van der Waals surface area contributed by atoms with Gasteiger partial charge in [-0.25, -0.2) is 8.42 Å². The van der Waals surface area contributed by atoms with Crippen LogP contribution in [0.5, 0.6) is 0 Å². The molecule has 0 bridgehead atoms.